The number of hydrogen-bond donors (Lipinski definition) is 4. The van der Waals surface area contributed by atoms with E-state index in [1.807, 2.05) is 69.5 Å². The van der Waals surface area contributed by atoms with Gasteiger partial charge in [-0.15, -0.1) is 0 Å². The third-order valence-corrected chi connectivity index (χ3v) is 9.00. The molecule has 5 rings (SSSR count). The molecule has 2 aliphatic carbocycles. The number of allylic oxidation sites excluding steroid dienone is 3. The number of carbonyl (C=O) groups excluding carboxylic acids is 3. The molecule has 2 aromatic rings. The van der Waals surface area contributed by atoms with Crippen molar-refractivity contribution in [2.45, 2.75) is 58.8 Å². The van der Waals surface area contributed by atoms with E-state index >= 15 is 0 Å². The summed E-state index contributed by atoms with van der Waals surface area (Å²) in [6.07, 6.45) is 8.34. The van der Waals surface area contributed by atoms with E-state index in [0.717, 1.165) is 39.8 Å². The molecule has 4 N–H and O–H groups in total. The molecule has 0 unspecified atom stereocenters. The van der Waals surface area contributed by atoms with E-state index in [1.165, 1.54) is 0 Å². The lowest BCUT2D eigenvalue weighted by molar-refractivity contribution is -0.144. The van der Waals surface area contributed by atoms with Crippen molar-refractivity contribution in [3.05, 3.63) is 83.1 Å². The number of nitrogens with one attached hydrogen (secondary N) is 2. The summed E-state index contributed by atoms with van der Waals surface area (Å²) in [5.74, 6) is -2.94. The normalized spacial score (nSPS) is 36.7. The van der Waals surface area contributed by atoms with Crippen molar-refractivity contribution >= 4 is 28.4 Å². The average molecular weight is 529 g/mol. The largest absolute Gasteiger partial charge is 0.388 e. The molecule has 7 nitrogen and oxygen atoms in total. The number of aliphatic hydroxyl groups is 2. The number of aliphatic hydroxyl groups excluding tert-OH is 2. The minimum absolute atomic E-state index is 0.00187. The molecular formula is C32H36N2O5. The molecule has 204 valence electrons. The van der Waals surface area contributed by atoms with Crippen molar-refractivity contribution in [3.8, 4) is 0 Å². The molecule has 7 heteroatoms. The van der Waals surface area contributed by atoms with Gasteiger partial charge in [0.25, 0.3) is 0 Å². The summed E-state index contributed by atoms with van der Waals surface area (Å²) in [6, 6.07) is 7.55. The maximum atomic E-state index is 14.2. The minimum atomic E-state index is -1.63. The van der Waals surface area contributed by atoms with Gasteiger partial charge in [-0.2, -0.15) is 0 Å². The fourth-order valence-corrected chi connectivity index (χ4v) is 6.88. The number of aromatic nitrogens is 1. The summed E-state index contributed by atoms with van der Waals surface area (Å²) >= 11 is 0. The summed E-state index contributed by atoms with van der Waals surface area (Å²) in [7, 11) is 0. The van der Waals surface area contributed by atoms with Crippen molar-refractivity contribution in [1.29, 1.82) is 0 Å². The molecule has 1 aromatic carbocycles. The quantitative estimate of drug-likeness (QED) is 0.350. The van der Waals surface area contributed by atoms with Crippen LogP contribution in [0.4, 0.5) is 0 Å². The topological polar surface area (TPSA) is 119 Å². The maximum absolute atomic E-state index is 14.2. The fourth-order valence-electron chi connectivity index (χ4n) is 6.88. The van der Waals surface area contributed by atoms with Gasteiger partial charge in [-0.3, -0.25) is 14.4 Å². The van der Waals surface area contributed by atoms with Crippen LogP contribution >= 0.6 is 0 Å². The van der Waals surface area contributed by atoms with E-state index in [1.54, 1.807) is 6.92 Å². The first-order valence-corrected chi connectivity index (χ1v) is 13.6. The zero-order chi connectivity index (χ0) is 28.1. The van der Waals surface area contributed by atoms with Crippen LogP contribution in [-0.4, -0.2) is 50.9 Å². The number of H-pyrrole nitrogens is 1. The highest BCUT2D eigenvalue weighted by Crippen LogP contribution is 2.55. The number of para-hydroxylation sites is 1. The number of aromatic amines is 1. The Labute approximate surface area is 228 Å². The zero-order valence-corrected chi connectivity index (χ0v) is 22.8. The Morgan fingerprint density at radius 1 is 1.03 bits per heavy atom. The van der Waals surface area contributed by atoms with Crippen LogP contribution in [0.25, 0.3) is 10.9 Å². The minimum Gasteiger partial charge on any atom is -0.388 e. The predicted molar refractivity (Wildman–Crippen MR) is 150 cm³/mol. The third kappa shape index (κ3) is 4.34. The number of ketones is 2. The van der Waals surface area contributed by atoms with Gasteiger partial charge in [0.1, 0.15) is 11.5 Å². The zero-order valence-electron chi connectivity index (χ0n) is 22.8. The van der Waals surface area contributed by atoms with Crippen LogP contribution in [0.2, 0.25) is 0 Å². The Kier molecular flexibility index (Phi) is 7.08. The lowest BCUT2D eigenvalue weighted by Crippen LogP contribution is -2.55. The molecule has 2 heterocycles. The van der Waals surface area contributed by atoms with Crippen molar-refractivity contribution in [3.63, 3.8) is 0 Å². The molecule has 0 bridgehead atoms. The smallest absolute Gasteiger partial charge is 0.235 e. The van der Waals surface area contributed by atoms with E-state index in [4.69, 9.17) is 0 Å². The molecule has 1 aromatic heterocycles. The van der Waals surface area contributed by atoms with E-state index in [9.17, 15) is 24.6 Å². The highest BCUT2D eigenvalue weighted by Gasteiger charge is 2.66. The molecule has 1 aliphatic heterocycles. The maximum Gasteiger partial charge on any atom is 0.235 e. The van der Waals surface area contributed by atoms with E-state index < -0.39 is 53.0 Å². The summed E-state index contributed by atoms with van der Waals surface area (Å²) in [5, 5.41) is 26.2. The molecular weight excluding hydrogens is 492 g/mol. The van der Waals surface area contributed by atoms with Crippen LogP contribution in [0.1, 0.15) is 39.7 Å². The second-order valence-corrected chi connectivity index (χ2v) is 11.4. The Morgan fingerprint density at radius 2 is 1.77 bits per heavy atom. The van der Waals surface area contributed by atoms with Gasteiger partial charge in [0.15, 0.2) is 11.6 Å². The molecule has 0 radical (unpaired) electrons. The fraction of sp³-hybridized carbons (Fsp3) is 0.406. The van der Waals surface area contributed by atoms with Gasteiger partial charge in [0.2, 0.25) is 5.91 Å². The van der Waals surface area contributed by atoms with Gasteiger partial charge in [0.05, 0.1) is 6.10 Å². The molecule has 1 fully saturated rings. The lowest BCUT2D eigenvalue weighted by Gasteiger charge is -2.45. The highest BCUT2D eigenvalue weighted by atomic mass is 16.3. The first kappa shape index (κ1) is 27.0. The molecule has 0 saturated carbocycles. The van der Waals surface area contributed by atoms with Crippen molar-refractivity contribution in [2.75, 3.05) is 0 Å². The number of rotatable bonds is 2. The number of fused-ring (bicyclic) bond motifs is 1. The Hall–Kier alpha value is -3.55. The van der Waals surface area contributed by atoms with Gasteiger partial charge >= 0.3 is 0 Å². The summed E-state index contributed by atoms with van der Waals surface area (Å²) in [5.41, 5.74) is 2.46. The monoisotopic (exact) mass is 528 g/mol. The van der Waals surface area contributed by atoms with Crippen LogP contribution in [0, 0.1) is 23.2 Å². The Morgan fingerprint density at radius 3 is 2.54 bits per heavy atom. The first-order valence-electron chi connectivity index (χ1n) is 13.6. The third-order valence-electron chi connectivity index (χ3n) is 9.00. The standard InChI is InChI=1S/C32H36N2O5/c1-17-8-7-10-23-30(38)20(4)19(3)28-25(15-21-16-33-24-11-6-5-9-22(21)24)34-31(39)32(23,28)27(36)13-12-26(35)29(37)18(2)14-17/h5-7,9-14,16-17,23,25,28-30,33,37-38H,8,15H2,1-4H3,(H,34,39)/b10-7-,13-12-,18-14+/t17-,23-,25-,28-,29+,30+,32+/m0/s1. The Bertz CT molecular complexity index is 1460. The van der Waals surface area contributed by atoms with Crippen molar-refractivity contribution < 1.29 is 24.6 Å². The van der Waals surface area contributed by atoms with Gasteiger partial charge in [-0.05, 0) is 74.5 Å². The first-order chi connectivity index (χ1) is 18.6. The number of carbonyl (C=O) groups is 3. The van der Waals surface area contributed by atoms with E-state index in [0.29, 0.717) is 18.4 Å². The summed E-state index contributed by atoms with van der Waals surface area (Å²) < 4.78 is 0. The predicted octanol–water partition coefficient (Wildman–Crippen LogP) is 3.74. The molecule has 7 atom stereocenters. The number of amides is 1. The van der Waals surface area contributed by atoms with Gasteiger partial charge < -0.3 is 20.5 Å². The van der Waals surface area contributed by atoms with E-state index in [-0.39, 0.29) is 5.92 Å². The molecule has 1 spiro atoms. The molecule has 39 heavy (non-hydrogen) atoms. The second kappa shape index (κ2) is 10.2. The number of hydrogen-bond acceptors (Lipinski definition) is 5. The van der Waals surface area contributed by atoms with Crippen LogP contribution in [0.3, 0.4) is 0 Å². The second-order valence-electron chi connectivity index (χ2n) is 11.4. The van der Waals surface area contributed by atoms with E-state index in [2.05, 4.69) is 10.3 Å². The van der Waals surface area contributed by atoms with Crippen molar-refractivity contribution in [1.82, 2.24) is 10.3 Å². The number of benzene rings is 1. The van der Waals surface area contributed by atoms with Gasteiger partial charge in [-0.25, -0.2) is 0 Å². The molecule has 3 aliphatic rings. The SMILES string of the molecule is CC1=C(C)[C@H]2[C@H](Cc3c[nH]c4ccccc34)NC(=O)[C@]23C(=O)/C=C\C(=O)[C@H](O)/C(C)=C/[C@@H](C)C/C=C\[C@H]3[C@@H]1O. The van der Waals surface area contributed by atoms with Gasteiger partial charge in [0, 0.05) is 35.0 Å². The van der Waals surface area contributed by atoms with Crippen LogP contribution < -0.4 is 5.32 Å². The lowest BCUT2D eigenvalue weighted by atomic mass is 9.55. The Balaban J connectivity index is 1.65. The summed E-state index contributed by atoms with van der Waals surface area (Å²) in [4.78, 5) is 44.3. The molecule has 1 saturated heterocycles. The molecule has 1 amide bonds. The average Bonchev–Trinajstić information content (AvgIpc) is 3.45. The highest BCUT2D eigenvalue weighted by molar-refractivity contribution is 6.15. The summed E-state index contributed by atoms with van der Waals surface area (Å²) in [6.45, 7) is 7.40. The van der Waals surface area contributed by atoms with Crippen LogP contribution in [0.5, 0.6) is 0 Å². The van der Waals surface area contributed by atoms with Gasteiger partial charge in [-0.1, -0.05) is 48.9 Å². The van der Waals surface area contributed by atoms with Crippen LogP contribution in [0.15, 0.2) is 77.6 Å². The van der Waals surface area contributed by atoms with Crippen LogP contribution in [-0.2, 0) is 20.8 Å². The van der Waals surface area contributed by atoms with Crippen molar-refractivity contribution in [2.24, 2.45) is 23.2 Å².